The molecule has 0 unspecified atom stereocenters. The molecule has 160 valence electrons. The van der Waals surface area contributed by atoms with Crippen molar-refractivity contribution in [3.05, 3.63) is 18.2 Å². The molecule has 0 bridgehead atoms. The van der Waals surface area contributed by atoms with Gasteiger partial charge in [-0.05, 0) is 18.6 Å². The van der Waals surface area contributed by atoms with Gasteiger partial charge in [0.15, 0.2) is 6.19 Å². The fourth-order valence-electron chi connectivity index (χ4n) is 3.07. The number of ether oxygens (including phenoxy) is 2. The first-order valence-electron chi connectivity index (χ1n) is 9.21. The largest absolute Gasteiger partial charge is 0.497 e. The maximum absolute atomic E-state index is 12.9. The fourth-order valence-corrected chi connectivity index (χ4v) is 4.49. The second kappa shape index (κ2) is 8.88. The molecule has 0 saturated carbocycles. The molecule has 0 aromatic heterocycles. The molecule has 1 aromatic carbocycles. The number of hydrogen-bond acceptors (Lipinski definition) is 7. The van der Waals surface area contributed by atoms with Gasteiger partial charge in [0, 0.05) is 30.6 Å². The summed E-state index contributed by atoms with van der Waals surface area (Å²) in [6.45, 7) is 5.90. The number of carbonyl (C=O) groups is 1. The van der Waals surface area contributed by atoms with Crippen LogP contribution < -0.4 is 19.5 Å². The van der Waals surface area contributed by atoms with Crippen LogP contribution in [0.4, 0.5) is 0 Å². The van der Waals surface area contributed by atoms with Crippen molar-refractivity contribution in [3.8, 4) is 17.7 Å². The van der Waals surface area contributed by atoms with Gasteiger partial charge in [0.05, 0.1) is 20.3 Å². The van der Waals surface area contributed by atoms with Crippen LogP contribution in [0.5, 0.6) is 11.5 Å². The molecule has 1 fully saturated rings. The van der Waals surface area contributed by atoms with Crippen molar-refractivity contribution in [1.82, 2.24) is 14.9 Å². The van der Waals surface area contributed by atoms with Gasteiger partial charge >= 0.3 is 0 Å². The number of nitrogens with one attached hydrogen (secondary N) is 2. The lowest BCUT2D eigenvalue weighted by Crippen LogP contribution is -2.42. The van der Waals surface area contributed by atoms with Crippen LogP contribution in [-0.2, 0) is 14.8 Å². The molecule has 1 aliphatic rings. The summed E-state index contributed by atoms with van der Waals surface area (Å²) in [5.41, 5.74) is -0.542. The van der Waals surface area contributed by atoms with Gasteiger partial charge in [0.2, 0.25) is 15.9 Å². The van der Waals surface area contributed by atoms with Crippen LogP contribution in [0.1, 0.15) is 27.2 Å². The Morgan fingerprint density at radius 3 is 2.55 bits per heavy atom. The topological polar surface area (TPSA) is 121 Å². The number of methoxy groups -OCH3 is 2. The molecule has 1 amide bonds. The maximum atomic E-state index is 12.9. The maximum Gasteiger partial charge on any atom is 0.244 e. The second-order valence-electron chi connectivity index (χ2n) is 7.94. The third-order valence-electron chi connectivity index (χ3n) is 4.70. The fraction of sp³-hybridized carbons (Fsp3) is 0.579. The van der Waals surface area contributed by atoms with Crippen LogP contribution in [0, 0.1) is 16.9 Å². The number of rotatable bonds is 7. The smallest absolute Gasteiger partial charge is 0.244 e. The summed E-state index contributed by atoms with van der Waals surface area (Å²) in [5, 5.41) is 12.2. The van der Waals surface area contributed by atoms with Crippen molar-refractivity contribution in [3.63, 3.8) is 0 Å². The van der Waals surface area contributed by atoms with Crippen LogP contribution in [-0.4, -0.2) is 58.6 Å². The number of benzene rings is 1. The Kier molecular flexibility index (Phi) is 6.97. The summed E-state index contributed by atoms with van der Waals surface area (Å²) in [6, 6.07) is 3.75. The molecule has 1 saturated heterocycles. The first-order chi connectivity index (χ1) is 13.5. The number of nitriles is 1. The van der Waals surface area contributed by atoms with E-state index < -0.39 is 21.5 Å². The normalized spacial score (nSPS) is 19.5. The lowest BCUT2D eigenvalue weighted by molar-refractivity contribution is -0.128. The van der Waals surface area contributed by atoms with E-state index in [-0.39, 0.29) is 35.7 Å². The zero-order chi connectivity index (χ0) is 21.8. The minimum atomic E-state index is -3.91. The highest BCUT2D eigenvalue weighted by atomic mass is 32.2. The number of carbonyl (C=O) groups excluding carboxylic acids is 1. The predicted molar refractivity (Wildman–Crippen MR) is 107 cm³/mol. The number of hydrogen-bond donors (Lipinski definition) is 2. The third kappa shape index (κ3) is 5.52. The summed E-state index contributed by atoms with van der Waals surface area (Å²) < 4.78 is 38.8. The van der Waals surface area contributed by atoms with E-state index in [1.54, 1.807) is 26.8 Å². The van der Waals surface area contributed by atoms with E-state index in [1.165, 1.54) is 31.3 Å². The van der Waals surface area contributed by atoms with E-state index in [0.717, 1.165) is 0 Å². The monoisotopic (exact) mass is 424 g/mol. The summed E-state index contributed by atoms with van der Waals surface area (Å²) >= 11 is 0. The molecule has 0 spiro atoms. The Balaban J connectivity index is 2.12. The zero-order valence-corrected chi connectivity index (χ0v) is 18.2. The molecule has 29 heavy (non-hydrogen) atoms. The summed E-state index contributed by atoms with van der Waals surface area (Å²) in [6.07, 6.45) is 2.47. The molecular formula is C19H28N4O5S. The Morgan fingerprint density at radius 1 is 1.31 bits per heavy atom. The van der Waals surface area contributed by atoms with E-state index in [2.05, 4.69) is 16.2 Å². The van der Waals surface area contributed by atoms with Gasteiger partial charge in [0.1, 0.15) is 16.4 Å². The molecular weight excluding hydrogens is 396 g/mol. The average molecular weight is 425 g/mol. The Labute approximate surface area is 172 Å². The van der Waals surface area contributed by atoms with E-state index in [0.29, 0.717) is 12.2 Å². The van der Waals surface area contributed by atoms with Crippen molar-refractivity contribution >= 4 is 15.9 Å². The molecule has 2 N–H and O–H groups in total. The van der Waals surface area contributed by atoms with Crippen molar-refractivity contribution < 1.29 is 22.7 Å². The van der Waals surface area contributed by atoms with Crippen molar-refractivity contribution in [1.29, 1.82) is 5.26 Å². The molecule has 1 heterocycles. The first-order valence-corrected chi connectivity index (χ1v) is 10.7. The molecule has 2 rings (SSSR count). The summed E-state index contributed by atoms with van der Waals surface area (Å²) in [5.74, 6) is 0.460. The number of nitrogens with zero attached hydrogens (tertiary/aromatic N) is 2. The van der Waals surface area contributed by atoms with Gasteiger partial charge < -0.3 is 19.7 Å². The predicted octanol–water partition coefficient (Wildman–Crippen LogP) is 1.07. The van der Waals surface area contributed by atoms with Crippen molar-refractivity contribution in [2.24, 2.45) is 5.41 Å². The first kappa shape index (κ1) is 22.8. The SMILES string of the molecule is COc1ccc(OC)c(S(=O)(=O)N[C@@H]2C[C@H](CNC(=O)C(C)(C)C)N(C#N)C2)c1. The van der Waals surface area contributed by atoms with Crippen LogP contribution in [0.2, 0.25) is 0 Å². The van der Waals surface area contributed by atoms with Gasteiger partial charge in [-0.3, -0.25) is 4.79 Å². The van der Waals surface area contributed by atoms with Crippen LogP contribution >= 0.6 is 0 Å². The number of amides is 1. The van der Waals surface area contributed by atoms with Crippen LogP contribution in [0.3, 0.4) is 0 Å². The standard InChI is InChI=1S/C19H28N4O5S/c1-19(2,3)18(24)21-10-14-8-13(11-23(14)12-20)22-29(25,26)17-9-15(27-4)6-7-16(17)28-5/h6-7,9,13-14,22H,8,10-11H2,1-5H3,(H,21,24)/t13-,14-/m1/s1. The highest BCUT2D eigenvalue weighted by Gasteiger charge is 2.36. The highest BCUT2D eigenvalue weighted by molar-refractivity contribution is 7.89. The lowest BCUT2D eigenvalue weighted by atomic mass is 9.95. The molecule has 2 atom stereocenters. The van der Waals surface area contributed by atoms with Gasteiger partial charge in [0.25, 0.3) is 0 Å². The molecule has 1 aromatic rings. The van der Waals surface area contributed by atoms with E-state index in [1.807, 2.05) is 0 Å². The zero-order valence-electron chi connectivity index (χ0n) is 17.4. The van der Waals surface area contributed by atoms with Gasteiger partial charge in [-0.25, -0.2) is 13.1 Å². The molecule has 0 aliphatic carbocycles. The molecule has 1 aliphatic heterocycles. The molecule has 9 nitrogen and oxygen atoms in total. The third-order valence-corrected chi connectivity index (χ3v) is 6.25. The van der Waals surface area contributed by atoms with E-state index >= 15 is 0 Å². The molecule has 0 radical (unpaired) electrons. The Hall–Kier alpha value is -2.51. The minimum Gasteiger partial charge on any atom is -0.497 e. The van der Waals surface area contributed by atoms with Crippen LogP contribution in [0.25, 0.3) is 0 Å². The van der Waals surface area contributed by atoms with Gasteiger partial charge in [-0.1, -0.05) is 20.8 Å². The number of sulfonamides is 1. The second-order valence-corrected chi connectivity index (χ2v) is 9.62. The summed E-state index contributed by atoms with van der Waals surface area (Å²) in [7, 11) is -1.07. The minimum absolute atomic E-state index is 0.0349. The van der Waals surface area contributed by atoms with Gasteiger partial charge in [-0.2, -0.15) is 5.26 Å². The molecule has 10 heteroatoms. The number of likely N-dealkylation sites (tertiary alicyclic amines) is 1. The van der Waals surface area contributed by atoms with Crippen molar-refractivity contribution in [2.75, 3.05) is 27.3 Å². The van der Waals surface area contributed by atoms with E-state index in [9.17, 15) is 18.5 Å². The van der Waals surface area contributed by atoms with Gasteiger partial charge in [-0.15, -0.1) is 0 Å². The van der Waals surface area contributed by atoms with Crippen LogP contribution in [0.15, 0.2) is 23.1 Å². The Morgan fingerprint density at radius 2 is 2.00 bits per heavy atom. The lowest BCUT2D eigenvalue weighted by Gasteiger charge is -2.22. The summed E-state index contributed by atoms with van der Waals surface area (Å²) in [4.78, 5) is 13.5. The average Bonchev–Trinajstić information content (AvgIpc) is 3.05. The van der Waals surface area contributed by atoms with Crippen molar-refractivity contribution in [2.45, 2.75) is 44.2 Å². The van der Waals surface area contributed by atoms with E-state index in [4.69, 9.17) is 9.47 Å². The Bertz CT molecular complexity index is 889. The quantitative estimate of drug-likeness (QED) is 0.628. The highest BCUT2D eigenvalue weighted by Crippen LogP contribution is 2.29.